The van der Waals surface area contributed by atoms with E-state index in [1.165, 1.54) is 17.8 Å². The monoisotopic (exact) mass is 247 g/mol. The van der Waals surface area contributed by atoms with E-state index in [9.17, 15) is 8.42 Å². The Labute approximate surface area is 93.0 Å². The minimum atomic E-state index is -2.95. The maximum Gasteiger partial charge on any atom is 0.152 e. The normalized spacial score (nSPS) is 26.7. The van der Waals surface area contributed by atoms with Crippen molar-refractivity contribution in [1.29, 1.82) is 0 Å². The van der Waals surface area contributed by atoms with E-state index in [1.807, 2.05) is 0 Å². The average molecular weight is 247 g/mol. The summed E-state index contributed by atoms with van der Waals surface area (Å²) in [6.07, 6.45) is 5.55. The lowest BCUT2D eigenvalue weighted by atomic mass is 10.2. The van der Waals surface area contributed by atoms with Gasteiger partial charge in [-0.05, 0) is 19.3 Å². The second-order valence-electron chi connectivity index (χ2n) is 3.83. The zero-order valence-electron chi connectivity index (χ0n) is 8.38. The van der Waals surface area contributed by atoms with Crippen molar-refractivity contribution in [2.75, 3.05) is 11.6 Å². The fraction of sp³-hybridized carbons (Fsp3) is 0.750. The number of hydrogen-bond acceptors (Lipinski definition) is 6. The fourth-order valence-corrected chi connectivity index (χ4v) is 3.89. The molecule has 15 heavy (non-hydrogen) atoms. The highest BCUT2D eigenvalue weighted by molar-refractivity contribution is 7.91. The second-order valence-corrected chi connectivity index (χ2v) is 6.88. The second kappa shape index (κ2) is 4.05. The topological polar surface area (TPSA) is 72.0 Å². The number of hydrogen-bond donors (Lipinski definition) is 1. The molecule has 1 aliphatic carbocycles. The average Bonchev–Trinajstić information content (AvgIpc) is 2.73. The fourth-order valence-electron chi connectivity index (χ4n) is 2.02. The third-order valence-electron chi connectivity index (χ3n) is 2.69. The molecule has 2 atom stereocenters. The predicted molar refractivity (Wildman–Crippen MR) is 59.8 cm³/mol. The van der Waals surface area contributed by atoms with Crippen LogP contribution >= 0.6 is 11.5 Å². The molecule has 1 N–H and O–H groups in total. The molecule has 0 amide bonds. The molecule has 1 aromatic rings. The van der Waals surface area contributed by atoms with Gasteiger partial charge in [0.25, 0.3) is 0 Å². The Morgan fingerprint density at radius 1 is 1.53 bits per heavy atom. The number of aromatic nitrogens is 2. The molecule has 1 aromatic heterocycles. The first-order valence-electron chi connectivity index (χ1n) is 4.80. The summed E-state index contributed by atoms with van der Waals surface area (Å²) < 4.78 is 26.7. The van der Waals surface area contributed by atoms with Crippen LogP contribution in [0.25, 0.3) is 0 Å². The van der Waals surface area contributed by atoms with E-state index in [0.717, 1.165) is 24.3 Å². The number of nitrogens with zero attached hydrogens (tertiary/aromatic N) is 2. The quantitative estimate of drug-likeness (QED) is 0.859. The lowest BCUT2D eigenvalue weighted by Gasteiger charge is -2.18. The van der Waals surface area contributed by atoms with Crippen molar-refractivity contribution in [3.8, 4) is 0 Å². The molecule has 0 radical (unpaired) electrons. The van der Waals surface area contributed by atoms with Gasteiger partial charge >= 0.3 is 0 Å². The van der Waals surface area contributed by atoms with Gasteiger partial charge in [-0.3, -0.25) is 0 Å². The summed E-state index contributed by atoms with van der Waals surface area (Å²) in [5, 5.41) is 7.48. The van der Waals surface area contributed by atoms with Crippen molar-refractivity contribution < 1.29 is 8.42 Å². The van der Waals surface area contributed by atoms with Crippen LogP contribution in [0.3, 0.4) is 0 Å². The lowest BCUT2D eigenvalue weighted by Crippen LogP contribution is -2.34. The van der Waals surface area contributed by atoms with Crippen LogP contribution < -0.4 is 5.32 Å². The van der Waals surface area contributed by atoms with Crippen molar-refractivity contribution in [2.24, 2.45) is 0 Å². The zero-order chi connectivity index (χ0) is 10.9. The number of rotatable bonds is 3. The Morgan fingerprint density at radius 3 is 2.93 bits per heavy atom. The van der Waals surface area contributed by atoms with E-state index in [-0.39, 0.29) is 11.3 Å². The standard InChI is InChI=1S/C8H13N3O2S2/c1-15(12,13)7-4-2-3-6(7)10-8-5-9-11-14-8/h5-7,10H,2-4H2,1H3. The Morgan fingerprint density at radius 2 is 2.33 bits per heavy atom. The molecular formula is C8H13N3O2S2. The van der Waals surface area contributed by atoms with Gasteiger partial charge in [-0.1, -0.05) is 4.49 Å². The van der Waals surface area contributed by atoms with Crippen LogP contribution in [0.1, 0.15) is 19.3 Å². The predicted octanol–water partition coefficient (Wildman–Crippen LogP) is 0.916. The van der Waals surface area contributed by atoms with Gasteiger partial charge in [0, 0.05) is 23.8 Å². The van der Waals surface area contributed by atoms with E-state index < -0.39 is 9.84 Å². The van der Waals surface area contributed by atoms with Crippen LogP contribution in [0.4, 0.5) is 5.00 Å². The van der Waals surface area contributed by atoms with Crippen LogP contribution in [0, 0.1) is 0 Å². The minimum Gasteiger partial charge on any atom is -0.370 e. The Hall–Kier alpha value is -0.690. The third kappa shape index (κ3) is 2.46. The molecule has 1 saturated carbocycles. The van der Waals surface area contributed by atoms with Crippen LogP contribution in [-0.2, 0) is 9.84 Å². The van der Waals surface area contributed by atoms with Gasteiger partial charge in [0.1, 0.15) is 5.00 Å². The van der Waals surface area contributed by atoms with E-state index in [2.05, 4.69) is 14.9 Å². The first-order chi connectivity index (χ1) is 7.07. The molecule has 0 spiro atoms. The minimum absolute atomic E-state index is 0.0160. The largest absolute Gasteiger partial charge is 0.370 e. The number of anilines is 1. The van der Waals surface area contributed by atoms with Crippen molar-refractivity contribution >= 4 is 26.4 Å². The smallest absolute Gasteiger partial charge is 0.152 e. The van der Waals surface area contributed by atoms with Crippen molar-refractivity contribution in [3.05, 3.63) is 6.20 Å². The van der Waals surface area contributed by atoms with E-state index in [0.29, 0.717) is 0 Å². The molecule has 7 heteroatoms. The van der Waals surface area contributed by atoms with Gasteiger partial charge in [-0.15, -0.1) is 5.10 Å². The molecule has 0 aliphatic heterocycles. The maximum absolute atomic E-state index is 11.5. The van der Waals surface area contributed by atoms with Crippen LogP contribution in [0.5, 0.6) is 0 Å². The first-order valence-corrected chi connectivity index (χ1v) is 7.53. The first kappa shape index (κ1) is 10.8. The summed E-state index contributed by atoms with van der Waals surface area (Å²) in [5.41, 5.74) is 0. The Kier molecular flexibility index (Phi) is 2.92. The summed E-state index contributed by atoms with van der Waals surface area (Å²) in [5.74, 6) is 0. The summed E-state index contributed by atoms with van der Waals surface area (Å²) in [7, 11) is -2.95. The number of sulfone groups is 1. The number of nitrogens with one attached hydrogen (secondary N) is 1. The molecule has 2 rings (SSSR count). The summed E-state index contributed by atoms with van der Waals surface area (Å²) >= 11 is 1.26. The molecule has 84 valence electrons. The highest BCUT2D eigenvalue weighted by Crippen LogP contribution is 2.28. The Balaban J connectivity index is 2.09. The zero-order valence-corrected chi connectivity index (χ0v) is 10.0. The Bertz CT molecular complexity index is 415. The maximum atomic E-state index is 11.5. The van der Waals surface area contributed by atoms with E-state index >= 15 is 0 Å². The molecule has 5 nitrogen and oxygen atoms in total. The van der Waals surface area contributed by atoms with Crippen LogP contribution in [0.2, 0.25) is 0 Å². The van der Waals surface area contributed by atoms with Gasteiger partial charge in [0.2, 0.25) is 0 Å². The van der Waals surface area contributed by atoms with Crippen LogP contribution in [-0.4, -0.2) is 35.6 Å². The van der Waals surface area contributed by atoms with Crippen molar-refractivity contribution in [3.63, 3.8) is 0 Å². The molecule has 1 aliphatic rings. The molecule has 2 unspecified atom stereocenters. The summed E-state index contributed by atoms with van der Waals surface area (Å²) in [6.45, 7) is 0. The van der Waals surface area contributed by atoms with E-state index in [4.69, 9.17) is 0 Å². The summed E-state index contributed by atoms with van der Waals surface area (Å²) in [6, 6.07) is 0.0160. The van der Waals surface area contributed by atoms with Crippen molar-refractivity contribution in [2.45, 2.75) is 30.6 Å². The molecule has 0 saturated heterocycles. The van der Waals surface area contributed by atoms with Crippen molar-refractivity contribution in [1.82, 2.24) is 9.59 Å². The highest BCUT2D eigenvalue weighted by atomic mass is 32.2. The highest BCUT2D eigenvalue weighted by Gasteiger charge is 2.34. The van der Waals surface area contributed by atoms with Gasteiger partial charge < -0.3 is 5.32 Å². The molecule has 0 bridgehead atoms. The van der Waals surface area contributed by atoms with Gasteiger partial charge in [0.15, 0.2) is 9.84 Å². The molecular weight excluding hydrogens is 234 g/mol. The third-order valence-corrected chi connectivity index (χ3v) is 4.95. The molecule has 1 fully saturated rings. The van der Waals surface area contributed by atoms with E-state index in [1.54, 1.807) is 6.20 Å². The van der Waals surface area contributed by atoms with Gasteiger partial charge in [0.05, 0.1) is 11.4 Å². The van der Waals surface area contributed by atoms with Gasteiger partial charge in [-0.25, -0.2) is 8.42 Å². The molecule has 0 aromatic carbocycles. The summed E-state index contributed by atoms with van der Waals surface area (Å²) in [4.78, 5) is 0. The lowest BCUT2D eigenvalue weighted by molar-refractivity contribution is 0.579. The SMILES string of the molecule is CS(=O)(=O)C1CCCC1Nc1cnns1. The van der Waals surface area contributed by atoms with Crippen LogP contribution in [0.15, 0.2) is 6.20 Å². The molecule has 1 heterocycles. The van der Waals surface area contributed by atoms with Gasteiger partial charge in [-0.2, -0.15) is 0 Å².